The van der Waals surface area contributed by atoms with Crippen molar-refractivity contribution in [1.82, 2.24) is 0 Å². The highest BCUT2D eigenvalue weighted by Crippen LogP contribution is 2.64. The highest BCUT2D eigenvalue weighted by Gasteiger charge is 2.52. The molecule has 0 aromatic heterocycles. The third-order valence-corrected chi connectivity index (χ3v) is 13.4. The zero-order valence-electron chi connectivity index (χ0n) is 35.4. The van der Waals surface area contributed by atoms with Gasteiger partial charge in [-0.1, -0.05) is 84.9 Å². The van der Waals surface area contributed by atoms with Crippen LogP contribution in [0.2, 0.25) is 0 Å². The molecule has 13 heteroatoms. The Hall–Kier alpha value is -8.32. The van der Waals surface area contributed by atoms with E-state index in [-0.39, 0.29) is 22.6 Å². The number of hydrogen-bond donors (Lipinski definition) is 0. The lowest BCUT2D eigenvalue weighted by molar-refractivity contribution is 0.381. The van der Waals surface area contributed by atoms with Crippen LogP contribution in [0.3, 0.4) is 0 Å². The summed E-state index contributed by atoms with van der Waals surface area (Å²) in [6.45, 7) is 0. The first-order chi connectivity index (χ1) is 33.3. The summed E-state index contributed by atoms with van der Waals surface area (Å²) >= 11 is 0. The second-order valence-electron chi connectivity index (χ2n) is 16.8. The van der Waals surface area contributed by atoms with Crippen LogP contribution in [-0.4, -0.2) is 7.11 Å². The van der Waals surface area contributed by atoms with Crippen molar-refractivity contribution in [3.05, 3.63) is 226 Å². The molecule has 0 saturated carbocycles. The Kier molecular flexibility index (Phi) is 9.20. The highest BCUT2D eigenvalue weighted by molar-refractivity contribution is 5.97. The minimum atomic E-state index is -2.29. The van der Waals surface area contributed by atoms with E-state index in [1.54, 1.807) is 36.4 Å². The Bertz CT molecular complexity index is 3620. The zero-order valence-corrected chi connectivity index (χ0v) is 35.4. The van der Waals surface area contributed by atoms with Crippen LogP contribution in [0.4, 0.5) is 61.0 Å². The number of rotatable bonds is 5. The van der Waals surface area contributed by atoms with Gasteiger partial charge in [-0.2, -0.15) is 0 Å². The van der Waals surface area contributed by atoms with Crippen molar-refractivity contribution >= 4 is 17.1 Å². The Labute approximate surface area is 385 Å². The van der Waals surface area contributed by atoms with E-state index in [4.69, 9.17) is 9.47 Å². The van der Waals surface area contributed by atoms with E-state index >= 15 is 17.6 Å². The van der Waals surface area contributed by atoms with Crippen molar-refractivity contribution in [2.45, 2.75) is 5.41 Å². The molecule has 3 aliphatic rings. The molecule has 1 aliphatic heterocycles. The summed E-state index contributed by atoms with van der Waals surface area (Å²) in [4.78, 5) is 1.81. The average Bonchev–Trinajstić information content (AvgIpc) is 3.84. The van der Waals surface area contributed by atoms with E-state index in [0.29, 0.717) is 45.1 Å². The molecule has 9 aromatic carbocycles. The smallest absolute Gasteiger partial charge is 0.200 e. The number of anilines is 3. The number of ether oxygens (including phenoxy) is 2. The fourth-order valence-electron chi connectivity index (χ4n) is 10.3. The quantitative estimate of drug-likeness (QED) is 0.0975. The van der Waals surface area contributed by atoms with Gasteiger partial charge in [-0.3, -0.25) is 0 Å². The lowest BCUT2D eigenvalue weighted by atomic mass is 9.70. The van der Waals surface area contributed by atoms with Crippen LogP contribution < -0.4 is 14.4 Å². The van der Waals surface area contributed by atoms with Crippen molar-refractivity contribution in [1.29, 1.82) is 0 Å². The van der Waals surface area contributed by atoms with E-state index in [0.717, 1.165) is 33.4 Å². The number of nitrogens with zero attached hydrogens (tertiary/aromatic N) is 1. The lowest BCUT2D eigenvalue weighted by Crippen LogP contribution is -2.26. The van der Waals surface area contributed by atoms with E-state index in [1.165, 1.54) is 37.4 Å². The summed E-state index contributed by atoms with van der Waals surface area (Å²) in [6.07, 6.45) is 0. The SMILES string of the molecule is COc1ccc(N2c3ccc(-c4ccc5c(c4)C4(c6ccccc6-c6ccccc64)c4cc(-c6c(F)c(F)c(F)c(F)c6F)ccc4-5)cc3Oc3cc(-c4c(F)c(F)c(F)c(F)c4F)ccc32)cc1. The maximum Gasteiger partial charge on any atom is 0.200 e. The third kappa shape index (κ3) is 5.76. The van der Waals surface area contributed by atoms with Crippen LogP contribution in [0, 0.1) is 58.2 Å². The molecule has 2 aliphatic carbocycles. The second kappa shape index (κ2) is 15.1. The number of benzene rings is 9. The number of hydrogen-bond acceptors (Lipinski definition) is 3. The van der Waals surface area contributed by atoms with Gasteiger partial charge in [-0.25, -0.2) is 43.9 Å². The van der Waals surface area contributed by atoms with E-state index < -0.39 is 74.7 Å². The first kappa shape index (κ1) is 42.1. The van der Waals surface area contributed by atoms with Gasteiger partial charge < -0.3 is 14.4 Å². The van der Waals surface area contributed by atoms with Crippen molar-refractivity contribution in [3.63, 3.8) is 0 Å². The van der Waals surface area contributed by atoms with Gasteiger partial charge in [-0.05, 0) is 127 Å². The predicted molar refractivity (Wildman–Crippen MR) is 240 cm³/mol. The standard InChI is InChI=1S/C56H27F10NO2/c1-68-31-16-14-30(15-17-31)67-40-20-12-27(24-42(40)69-43-25-29(13-21-41(43)67)45-48(59)52(63)55(66)53(64)49(45)60)26-10-18-34-35-19-11-28(44-46(57)50(61)54(65)51(62)47(44)58)23-39(35)56(38(34)22-26)36-8-4-2-6-32(36)33-7-3-5-9-37(33)56/h2-25H,1H3. The van der Waals surface area contributed by atoms with Gasteiger partial charge >= 0.3 is 0 Å². The zero-order chi connectivity index (χ0) is 47.8. The van der Waals surface area contributed by atoms with Gasteiger partial charge in [0.25, 0.3) is 0 Å². The third-order valence-electron chi connectivity index (χ3n) is 13.4. The molecule has 0 atom stereocenters. The molecule has 1 heterocycles. The molecule has 1 spiro atoms. The summed E-state index contributed by atoms with van der Waals surface area (Å²) in [6, 6.07) is 41.8. The van der Waals surface area contributed by atoms with Crippen LogP contribution in [0.1, 0.15) is 22.3 Å². The molecular formula is C56H27F10NO2. The maximum atomic E-state index is 15.5. The molecule has 0 saturated heterocycles. The van der Waals surface area contributed by atoms with Crippen molar-refractivity contribution in [2.75, 3.05) is 12.0 Å². The molecular weight excluding hydrogens is 909 g/mol. The topological polar surface area (TPSA) is 21.7 Å². The van der Waals surface area contributed by atoms with Crippen LogP contribution in [0.25, 0.3) is 55.6 Å². The summed E-state index contributed by atoms with van der Waals surface area (Å²) in [5.41, 5.74) is 5.07. The number of fused-ring (bicyclic) bond motifs is 12. The molecule has 0 bridgehead atoms. The Morgan fingerprint density at radius 2 is 0.754 bits per heavy atom. The van der Waals surface area contributed by atoms with E-state index in [9.17, 15) is 26.3 Å². The maximum absolute atomic E-state index is 15.5. The van der Waals surface area contributed by atoms with E-state index in [2.05, 4.69) is 0 Å². The average molecular weight is 936 g/mol. The van der Waals surface area contributed by atoms with Crippen LogP contribution >= 0.6 is 0 Å². The molecule has 0 unspecified atom stereocenters. The predicted octanol–water partition coefficient (Wildman–Crippen LogP) is 16.0. The molecule has 12 rings (SSSR count). The first-order valence-electron chi connectivity index (χ1n) is 21.3. The number of halogens is 10. The van der Waals surface area contributed by atoms with Gasteiger partial charge in [0.05, 0.1) is 35.0 Å². The first-order valence-corrected chi connectivity index (χ1v) is 21.3. The van der Waals surface area contributed by atoms with Gasteiger partial charge in [0, 0.05) is 5.69 Å². The molecule has 0 amide bonds. The molecule has 69 heavy (non-hydrogen) atoms. The molecule has 338 valence electrons. The second-order valence-corrected chi connectivity index (χ2v) is 16.8. The summed E-state index contributed by atoms with van der Waals surface area (Å²) in [7, 11) is 1.51. The van der Waals surface area contributed by atoms with Gasteiger partial charge in [0.1, 0.15) is 5.75 Å². The summed E-state index contributed by atoms with van der Waals surface area (Å²) in [5.74, 6) is -19.9. The van der Waals surface area contributed by atoms with Crippen molar-refractivity contribution in [3.8, 4) is 72.9 Å². The summed E-state index contributed by atoms with van der Waals surface area (Å²) in [5, 5.41) is 0. The van der Waals surface area contributed by atoms with Crippen molar-refractivity contribution < 1.29 is 53.4 Å². The van der Waals surface area contributed by atoms with Crippen molar-refractivity contribution in [2.24, 2.45) is 0 Å². The Balaban J connectivity index is 1.04. The number of methoxy groups -OCH3 is 1. The lowest BCUT2D eigenvalue weighted by Gasteiger charge is -2.33. The molecule has 0 fully saturated rings. The molecule has 0 N–H and O–H groups in total. The fourth-order valence-corrected chi connectivity index (χ4v) is 10.3. The van der Waals surface area contributed by atoms with Gasteiger partial charge in [-0.15, -0.1) is 0 Å². The molecule has 0 radical (unpaired) electrons. The minimum absolute atomic E-state index is 0.0315. The summed E-state index contributed by atoms with van der Waals surface area (Å²) < 4.78 is 160. The highest BCUT2D eigenvalue weighted by atomic mass is 19.2. The van der Waals surface area contributed by atoms with Crippen LogP contribution in [-0.2, 0) is 5.41 Å². The molecule has 9 aromatic rings. The van der Waals surface area contributed by atoms with Crippen LogP contribution in [0.5, 0.6) is 17.2 Å². The van der Waals surface area contributed by atoms with Gasteiger partial charge in [0.15, 0.2) is 58.0 Å². The fraction of sp³-hybridized carbons (Fsp3) is 0.0357. The molecule has 3 nitrogen and oxygen atoms in total. The monoisotopic (exact) mass is 935 g/mol. The van der Waals surface area contributed by atoms with Crippen LogP contribution in [0.15, 0.2) is 146 Å². The Morgan fingerprint density at radius 3 is 1.26 bits per heavy atom. The largest absolute Gasteiger partial charge is 0.497 e. The normalized spacial score (nSPS) is 13.3. The Morgan fingerprint density at radius 1 is 0.377 bits per heavy atom. The minimum Gasteiger partial charge on any atom is -0.497 e. The van der Waals surface area contributed by atoms with Gasteiger partial charge in [0.2, 0.25) is 11.6 Å². The van der Waals surface area contributed by atoms with E-state index in [1.807, 2.05) is 83.8 Å².